The Hall–Kier alpha value is -2.71. The number of amides is 1. The van der Waals surface area contributed by atoms with E-state index in [4.69, 9.17) is 9.97 Å². The molecule has 4 rings (SSSR count). The van der Waals surface area contributed by atoms with Gasteiger partial charge < -0.3 is 30.3 Å². The summed E-state index contributed by atoms with van der Waals surface area (Å²) in [7, 11) is 0. The maximum absolute atomic E-state index is 13.4. The molecule has 14 heteroatoms. The van der Waals surface area contributed by atoms with Crippen LogP contribution in [0.2, 0.25) is 0 Å². The molecule has 0 unspecified atom stereocenters. The molecule has 1 saturated carbocycles. The topological polar surface area (TPSA) is 132 Å². The Morgan fingerprint density at radius 3 is 2.54 bits per heavy atom. The van der Waals surface area contributed by atoms with Gasteiger partial charge in [-0.25, -0.2) is 4.98 Å². The normalized spacial score (nSPS) is 25.4. The summed E-state index contributed by atoms with van der Waals surface area (Å²) in [4.78, 5) is 29.2. The molecule has 1 saturated heterocycles. The van der Waals surface area contributed by atoms with Crippen molar-refractivity contribution in [3.8, 4) is 0 Å². The molecule has 2 aliphatic rings. The molecule has 1 aliphatic carbocycles. The summed E-state index contributed by atoms with van der Waals surface area (Å²) in [5.41, 5.74) is 0.844. The minimum atomic E-state index is -5.09. The standard InChI is InChI=1S/C27H43F3N8O3/c1-5-11-37(25(41)27(28,29)30)18-13-19(22(40)21(18)39)38-15-32-20-23(33-16(6-2)7-3)34-26(35-24(20)38)31-14-17-10-9-12-36(17)8-4/h15-19,21-22,39-40H,5-14H2,1-4H3,(H2,31,33,34,35)/t17-,18+,19-,21-,22+/m1/s1. The van der Waals surface area contributed by atoms with Crippen LogP contribution in [0.5, 0.6) is 0 Å². The van der Waals surface area contributed by atoms with Crippen molar-refractivity contribution in [1.29, 1.82) is 0 Å². The van der Waals surface area contributed by atoms with Gasteiger partial charge in [0.1, 0.15) is 12.2 Å². The second-order valence-corrected chi connectivity index (χ2v) is 11.0. The van der Waals surface area contributed by atoms with Crippen LogP contribution in [-0.4, -0.2) is 108 Å². The highest BCUT2D eigenvalue weighted by atomic mass is 19.4. The number of anilines is 2. The number of aliphatic hydroxyl groups is 2. The lowest BCUT2D eigenvalue weighted by atomic mass is 10.1. The number of nitrogens with one attached hydrogen (secondary N) is 2. The van der Waals surface area contributed by atoms with Gasteiger partial charge in [0.25, 0.3) is 0 Å². The predicted octanol–water partition coefficient (Wildman–Crippen LogP) is 3.16. The molecule has 0 bridgehead atoms. The number of carbonyl (C=O) groups excluding carboxylic acids is 1. The van der Waals surface area contributed by atoms with Crippen molar-refractivity contribution < 1.29 is 28.2 Å². The smallest absolute Gasteiger partial charge is 0.388 e. The van der Waals surface area contributed by atoms with Crippen LogP contribution in [-0.2, 0) is 4.79 Å². The van der Waals surface area contributed by atoms with Crippen molar-refractivity contribution >= 4 is 28.8 Å². The SMILES string of the molecule is CCCN(C(=O)C(F)(F)F)[C@H]1C[C@@H](n2cnc3c(NC(CC)CC)nc(NC[C@H]4CCCN4CC)nc32)[C@H](O)[C@@H]1O. The number of aliphatic hydroxyl groups excluding tert-OH is 2. The Balaban J connectivity index is 1.68. The number of likely N-dealkylation sites (tertiary alicyclic amines) is 1. The Kier molecular flexibility index (Phi) is 9.96. The molecule has 2 fully saturated rings. The molecular weight excluding hydrogens is 541 g/mol. The first-order valence-corrected chi connectivity index (χ1v) is 14.8. The number of hydrogen-bond acceptors (Lipinski definition) is 9. The van der Waals surface area contributed by atoms with Gasteiger partial charge in [0.2, 0.25) is 5.95 Å². The summed E-state index contributed by atoms with van der Waals surface area (Å²) < 4.78 is 41.7. The van der Waals surface area contributed by atoms with Crippen LogP contribution in [0.3, 0.4) is 0 Å². The largest absolute Gasteiger partial charge is 0.471 e. The van der Waals surface area contributed by atoms with Crippen LogP contribution < -0.4 is 10.6 Å². The van der Waals surface area contributed by atoms with Crippen LogP contribution in [0.1, 0.15) is 72.3 Å². The number of likely N-dealkylation sites (N-methyl/N-ethyl adjacent to an activating group) is 1. The second-order valence-electron chi connectivity index (χ2n) is 11.0. The molecule has 0 spiro atoms. The number of halogens is 3. The summed E-state index contributed by atoms with van der Waals surface area (Å²) in [6.45, 7) is 10.4. The van der Waals surface area contributed by atoms with Crippen molar-refractivity contribution in [3.05, 3.63) is 6.33 Å². The number of aromatic nitrogens is 4. The van der Waals surface area contributed by atoms with E-state index in [0.29, 0.717) is 40.4 Å². The molecule has 2 aromatic rings. The lowest BCUT2D eigenvalue weighted by molar-refractivity contribution is -0.190. The Labute approximate surface area is 238 Å². The van der Waals surface area contributed by atoms with E-state index in [9.17, 15) is 28.2 Å². The van der Waals surface area contributed by atoms with E-state index in [1.54, 1.807) is 11.5 Å². The summed E-state index contributed by atoms with van der Waals surface area (Å²) in [6.07, 6.45) is -2.54. The highest BCUT2D eigenvalue weighted by Gasteiger charge is 2.51. The summed E-state index contributed by atoms with van der Waals surface area (Å²) >= 11 is 0. The fraction of sp³-hybridized carbons (Fsp3) is 0.778. The third kappa shape index (κ3) is 6.54. The number of nitrogens with zero attached hydrogens (tertiary/aromatic N) is 6. The maximum atomic E-state index is 13.4. The molecule has 3 heterocycles. The second kappa shape index (κ2) is 13.1. The lowest BCUT2D eigenvalue weighted by Crippen LogP contribution is -2.51. The molecule has 1 amide bonds. The first-order chi connectivity index (χ1) is 19.5. The van der Waals surface area contributed by atoms with Gasteiger partial charge in [0, 0.05) is 25.2 Å². The van der Waals surface area contributed by atoms with E-state index in [0.717, 1.165) is 38.8 Å². The van der Waals surface area contributed by atoms with Crippen molar-refractivity contribution in [3.63, 3.8) is 0 Å². The van der Waals surface area contributed by atoms with Gasteiger partial charge in [0.05, 0.1) is 18.4 Å². The van der Waals surface area contributed by atoms with Crippen molar-refractivity contribution in [1.82, 2.24) is 29.3 Å². The highest BCUT2D eigenvalue weighted by molar-refractivity contribution is 5.85. The van der Waals surface area contributed by atoms with Crippen LogP contribution in [0.15, 0.2) is 6.33 Å². The lowest BCUT2D eigenvalue weighted by Gasteiger charge is -2.31. The van der Waals surface area contributed by atoms with Crippen LogP contribution in [0, 0.1) is 0 Å². The Morgan fingerprint density at radius 1 is 1.17 bits per heavy atom. The molecule has 2 aromatic heterocycles. The van der Waals surface area contributed by atoms with E-state index in [1.165, 1.54) is 6.33 Å². The van der Waals surface area contributed by atoms with Gasteiger partial charge in [-0.05, 0) is 51.6 Å². The van der Waals surface area contributed by atoms with Crippen LogP contribution in [0.25, 0.3) is 11.2 Å². The number of hydrogen-bond donors (Lipinski definition) is 4. The van der Waals surface area contributed by atoms with Crippen molar-refractivity contribution in [2.75, 3.05) is 36.8 Å². The number of imidazole rings is 1. The number of carbonyl (C=O) groups is 1. The summed E-state index contributed by atoms with van der Waals surface area (Å²) in [6, 6.07) is -1.58. The number of fused-ring (bicyclic) bond motifs is 1. The van der Waals surface area contributed by atoms with Crippen molar-refractivity contribution in [2.24, 2.45) is 0 Å². The van der Waals surface area contributed by atoms with Gasteiger partial charge in [-0.3, -0.25) is 9.69 Å². The van der Waals surface area contributed by atoms with Gasteiger partial charge >= 0.3 is 12.1 Å². The first kappa shape index (κ1) is 31.2. The highest BCUT2D eigenvalue weighted by Crippen LogP contribution is 2.38. The minimum absolute atomic E-state index is 0.0920. The average Bonchev–Trinajstić information content (AvgIpc) is 3.66. The monoisotopic (exact) mass is 584 g/mol. The summed E-state index contributed by atoms with van der Waals surface area (Å²) in [5, 5.41) is 28.7. The van der Waals surface area contributed by atoms with E-state index in [1.807, 2.05) is 0 Å². The van der Waals surface area contributed by atoms with E-state index in [2.05, 4.69) is 41.3 Å². The van der Waals surface area contributed by atoms with Crippen LogP contribution >= 0.6 is 0 Å². The van der Waals surface area contributed by atoms with Gasteiger partial charge in [-0.15, -0.1) is 0 Å². The quantitative estimate of drug-likeness (QED) is 0.297. The Bertz CT molecular complexity index is 1170. The minimum Gasteiger partial charge on any atom is -0.388 e. The molecule has 4 N–H and O–H groups in total. The molecular formula is C27H43F3N8O3. The van der Waals surface area contributed by atoms with Gasteiger partial charge in [-0.1, -0.05) is 27.7 Å². The molecule has 11 nitrogen and oxygen atoms in total. The maximum Gasteiger partial charge on any atom is 0.471 e. The average molecular weight is 585 g/mol. The number of alkyl halides is 3. The first-order valence-electron chi connectivity index (χ1n) is 14.8. The van der Waals surface area contributed by atoms with E-state index in [-0.39, 0.29) is 25.4 Å². The molecule has 41 heavy (non-hydrogen) atoms. The van der Waals surface area contributed by atoms with Gasteiger partial charge in [0.15, 0.2) is 17.0 Å². The van der Waals surface area contributed by atoms with Crippen molar-refractivity contribution in [2.45, 2.75) is 109 Å². The number of rotatable bonds is 12. The molecule has 0 radical (unpaired) electrons. The summed E-state index contributed by atoms with van der Waals surface area (Å²) in [5.74, 6) is -1.13. The van der Waals surface area contributed by atoms with Crippen LogP contribution in [0.4, 0.5) is 24.9 Å². The molecule has 1 aliphatic heterocycles. The zero-order valence-electron chi connectivity index (χ0n) is 24.2. The zero-order valence-corrected chi connectivity index (χ0v) is 24.2. The van der Waals surface area contributed by atoms with E-state index < -0.39 is 36.4 Å². The predicted molar refractivity (Wildman–Crippen MR) is 150 cm³/mol. The zero-order chi connectivity index (χ0) is 29.9. The van der Waals surface area contributed by atoms with E-state index >= 15 is 0 Å². The third-order valence-electron chi connectivity index (χ3n) is 8.50. The fourth-order valence-electron chi connectivity index (χ4n) is 6.17. The molecule has 230 valence electrons. The van der Waals surface area contributed by atoms with Gasteiger partial charge in [-0.2, -0.15) is 23.1 Å². The third-order valence-corrected chi connectivity index (χ3v) is 8.50. The molecule has 5 atom stereocenters. The Morgan fingerprint density at radius 2 is 1.90 bits per heavy atom. The fourth-order valence-corrected chi connectivity index (χ4v) is 6.17. The molecule has 0 aromatic carbocycles.